The number of nitrogens with one attached hydrogen (secondary N) is 1. The van der Waals surface area contributed by atoms with Gasteiger partial charge in [-0.25, -0.2) is 19.6 Å². The second-order valence-corrected chi connectivity index (χ2v) is 5.42. The number of carbonyl (C=O) groups excluding carboxylic acids is 1. The number of hydrogen-bond acceptors (Lipinski definition) is 7. The molecule has 0 aliphatic heterocycles. The van der Waals surface area contributed by atoms with Gasteiger partial charge in [0.1, 0.15) is 23.8 Å². The van der Waals surface area contributed by atoms with Crippen molar-refractivity contribution in [2.24, 2.45) is 0 Å². The quantitative estimate of drug-likeness (QED) is 0.524. The highest BCUT2D eigenvalue weighted by Gasteiger charge is 2.21. The van der Waals surface area contributed by atoms with Crippen molar-refractivity contribution in [2.75, 3.05) is 23.4 Å². The summed E-state index contributed by atoms with van der Waals surface area (Å²) in [5.41, 5.74) is 0.133. The van der Waals surface area contributed by atoms with E-state index < -0.39 is 18.0 Å². The minimum Gasteiger partial charge on any atom is -0.480 e. The smallest absolute Gasteiger partial charge is 0.343 e. The second kappa shape index (κ2) is 9.17. The highest BCUT2D eigenvalue weighted by Crippen LogP contribution is 2.15. The number of nitrogens with zero attached hydrogens (tertiary/aromatic N) is 2. The summed E-state index contributed by atoms with van der Waals surface area (Å²) in [5.74, 6) is 0.249. The van der Waals surface area contributed by atoms with Gasteiger partial charge >= 0.3 is 11.9 Å². The van der Waals surface area contributed by atoms with Gasteiger partial charge in [-0.15, -0.1) is 0 Å². The van der Waals surface area contributed by atoms with Crippen LogP contribution in [-0.2, 0) is 9.53 Å². The molecule has 1 rings (SSSR count). The van der Waals surface area contributed by atoms with Gasteiger partial charge in [0.15, 0.2) is 0 Å². The van der Waals surface area contributed by atoms with Crippen molar-refractivity contribution in [1.82, 2.24) is 9.97 Å². The number of aliphatic carboxylic acids is 1. The largest absolute Gasteiger partial charge is 0.480 e. The number of carboxylic acids is 1. The summed E-state index contributed by atoms with van der Waals surface area (Å²) in [7, 11) is 0. The van der Waals surface area contributed by atoms with Crippen molar-refractivity contribution in [3.8, 4) is 0 Å². The molecule has 0 aliphatic rings. The van der Waals surface area contributed by atoms with E-state index in [0.717, 1.165) is 5.75 Å². The number of hydrogen-bond donors (Lipinski definition) is 2. The van der Waals surface area contributed by atoms with Crippen LogP contribution in [0.2, 0.25) is 0 Å². The molecule has 1 aromatic rings. The van der Waals surface area contributed by atoms with Gasteiger partial charge in [-0.05, 0) is 24.9 Å². The van der Waals surface area contributed by atoms with Gasteiger partial charge in [-0.1, -0.05) is 6.92 Å². The van der Waals surface area contributed by atoms with Gasteiger partial charge in [0.25, 0.3) is 0 Å². The Hall–Kier alpha value is -1.83. The zero-order valence-corrected chi connectivity index (χ0v) is 12.9. The highest BCUT2D eigenvalue weighted by molar-refractivity contribution is 7.99. The Bertz CT molecular complexity index is 484. The average molecular weight is 313 g/mol. The first-order valence-electron chi connectivity index (χ1n) is 6.64. The second-order valence-electron chi connectivity index (χ2n) is 4.03. The maximum absolute atomic E-state index is 11.8. The van der Waals surface area contributed by atoms with Crippen LogP contribution in [0.3, 0.4) is 0 Å². The summed E-state index contributed by atoms with van der Waals surface area (Å²) >= 11 is 1.66. The van der Waals surface area contributed by atoms with Crippen LogP contribution in [0.25, 0.3) is 0 Å². The maximum Gasteiger partial charge on any atom is 0.343 e. The molecule has 1 heterocycles. The fourth-order valence-electron chi connectivity index (χ4n) is 1.57. The van der Waals surface area contributed by atoms with Crippen LogP contribution in [0.5, 0.6) is 0 Å². The predicted octanol–water partition coefficient (Wildman–Crippen LogP) is 1.66. The molecule has 1 atom stereocenters. The zero-order chi connectivity index (χ0) is 15.7. The van der Waals surface area contributed by atoms with Crippen molar-refractivity contribution in [1.29, 1.82) is 0 Å². The third kappa shape index (κ3) is 5.58. The standard InChI is InChI=1S/C13H19N3O4S/c1-3-20-13(19)9-7-14-8-15-11(9)16-10(12(17)18)5-6-21-4-2/h7-8,10H,3-6H2,1-2H3,(H,17,18)(H,14,15,16). The zero-order valence-electron chi connectivity index (χ0n) is 12.0. The normalized spacial score (nSPS) is 11.7. The SMILES string of the molecule is CCOC(=O)c1cncnc1NC(CCSCC)C(=O)O. The minimum atomic E-state index is -0.986. The molecule has 0 radical (unpaired) electrons. The topological polar surface area (TPSA) is 101 Å². The van der Waals surface area contributed by atoms with E-state index in [2.05, 4.69) is 15.3 Å². The lowest BCUT2D eigenvalue weighted by atomic mass is 10.2. The van der Waals surface area contributed by atoms with Crippen molar-refractivity contribution < 1.29 is 19.4 Å². The van der Waals surface area contributed by atoms with E-state index in [1.807, 2.05) is 6.92 Å². The van der Waals surface area contributed by atoms with Crippen molar-refractivity contribution in [3.63, 3.8) is 0 Å². The highest BCUT2D eigenvalue weighted by atomic mass is 32.2. The fraction of sp³-hybridized carbons (Fsp3) is 0.538. The first kappa shape index (κ1) is 17.2. The first-order valence-corrected chi connectivity index (χ1v) is 7.79. The average Bonchev–Trinajstić information content (AvgIpc) is 2.47. The van der Waals surface area contributed by atoms with Crippen molar-refractivity contribution in [2.45, 2.75) is 26.3 Å². The molecule has 1 aromatic heterocycles. The molecule has 0 amide bonds. The van der Waals surface area contributed by atoms with E-state index >= 15 is 0 Å². The number of anilines is 1. The number of aromatic nitrogens is 2. The Morgan fingerprint density at radius 1 is 1.48 bits per heavy atom. The molecule has 1 unspecified atom stereocenters. The predicted molar refractivity (Wildman–Crippen MR) is 80.7 cm³/mol. The van der Waals surface area contributed by atoms with Crippen LogP contribution >= 0.6 is 11.8 Å². The Balaban J connectivity index is 2.83. The van der Waals surface area contributed by atoms with Crippen LogP contribution in [0, 0.1) is 0 Å². The van der Waals surface area contributed by atoms with Gasteiger partial charge in [-0.2, -0.15) is 11.8 Å². The lowest BCUT2D eigenvalue weighted by Gasteiger charge is -2.16. The summed E-state index contributed by atoms with van der Waals surface area (Å²) in [6, 6.07) is -0.813. The van der Waals surface area contributed by atoms with E-state index in [0.29, 0.717) is 12.2 Å². The van der Waals surface area contributed by atoms with E-state index in [1.165, 1.54) is 12.5 Å². The fourth-order valence-corrected chi connectivity index (χ4v) is 2.26. The van der Waals surface area contributed by atoms with Gasteiger partial charge in [0.05, 0.1) is 6.61 Å². The van der Waals surface area contributed by atoms with Gasteiger partial charge in [0, 0.05) is 6.20 Å². The Kier molecular flexibility index (Phi) is 7.52. The summed E-state index contributed by atoms with van der Waals surface area (Å²) in [6.07, 6.45) is 3.00. The molecule has 0 bridgehead atoms. The number of carboxylic acid groups (broad SMARTS) is 1. The Labute approximate surface area is 127 Å². The summed E-state index contributed by atoms with van der Waals surface area (Å²) < 4.78 is 4.90. The number of ether oxygens (including phenoxy) is 1. The monoisotopic (exact) mass is 313 g/mol. The molecule has 0 fully saturated rings. The van der Waals surface area contributed by atoms with E-state index in [4.69, 9.17) is 4.74 Å². The third-order valence-electron chi connectivity index (χ3n) is 2.57. The summed E-state index contributed by atoms with van der Waals surface area (Å²) in [6.45, 7) is 3.93. The number of carbonyl (C=O) groups is 2. The lowest BCUT2D eigenvalue weighted by Crippen LogP contribution is -2.31. The van der Waals surface area contributed by atoms with Crippen LogP contribution < -0.4 is 5.32 Å². The molecule has 2 N–H and O–H groups in total. The van der Waals surface area contributed by atoms with Gasteiger partial charge in [0.2, 0.25) is 0 Å². The molecule has 8 heteroatoms. The molecule has 116 valence electrons. The van der Waals surface area contributed by atoms with Gasteiger partial charge < -0.3 is 15.2 Å². The van der Waals surface area contributed by atoms with E-state index in [-0.39, 0.29) is 18.0 Å². The van der Waals surface area contributed by atoms with Crippen molar-refractivity contribution in [3.05, 3.63) is 18.1 Å². The molecule has 0 saturated carbocycles. The maximum atomic E-state index is 11.8. The van der Waals surface area contributed by atoms with Gasteiger partial charge in [-0.3, -0.25) is 0 Å². The van der Waals surface area contributed by atoms with Crippen LogP contribution in [-0.4, -0.2) is 51.2 Å². The van der Waals surface area contributed by atoms with Crippen molar-refractivity contribution >= 4 is 29.5 Å². The van der Waals surface area contributed by atoms with E-state index in [1.54, 1.807) is 18.7 Å². The van der Waals surface area contributed by atoms with Crippen LogP contribution in [0.4, 0.5) is 5.82 Å². The molecule has 0 saturated heterocycles. The molecular weight excluding hydrogens is 294 g/mol. The number of esters is 1. The molecule has 0 aliphatic carbocycles. The molecule has 21 heavy (non-hydrogen) atoms. The lowest BCUT2D eigenvalue weighted by molar-refractivity contribution is -0.137. The molecular formula is C13H19N3O4S. The van der Waals surface area contributed by atoms with E-state index in [9.17, 15) is 14.7 Å². The minimum absolute atomic E-state index is 0.133. The Morgan fingerprint density at radius 2 is 2.24 bits per heavy atom. The summed E-state index contributed by atoms with van der Waals surface area (Å²) in [5, 5.41) is 12.0. The molecule has 0 aromatic carbocycles. The number of rotatable bonds is 9. The van der Waals surface area contributed by atoms with Crippen LogP contribution in [0.1, 0.15) is 30.6 Å². The summed E-state index contributed by atoms with van der Waals surface area (Å²) in [4.78, 5) is 30.8. The van der Waals surface area contributed by atoms with Crippen LogP contribution in [0.15, 0.2) is 12.5 Å². The third-order valence-corrected chi connectivity index (χ3v) is 3.50. The first-order chi connectivity index (χ1) is 10.1. The molecule has 0 spiro atoms. The molecule has 7 nitrogen and oxygen atoms in total. The Morgan fingerprint density at radius 3 is 2.86 bits per heavy atom. The number of thioether (sulfide) groups is 1.